The van der Waals surface area contributed by atoms with Crippen molar-refractivity contribution < 1.29 is 14.4 Å². The Bertz CT molecular complexity index is 463. The molecule has 6 heteroatoms. The molecule has 1 rings (SSSR count). The minimum atomic E-state index is -0.434. The van der Waals surface area contributed by atoms with Crippen LogP contribution in [0.1, 0.15) is 44.2 Å². The van der Waals surface area contributed by atoms with Gasteiger partial charge in [-0.3, -0.25) is 10.1 Å². The fraction of sp³-hybridized carbons (Fsp3) is 0.571. The summed E-state index contributed by atoms with van der Waals surface area (Å²) in [4.78, 5) is 10.7. The Morgan fingerprint density at radius 1 is 1.25 bits per heavy atom. The summed E-state index contributed by atoms with van der Waals surface area (Å²) >= 11 is 0. The molecule has 0 heterocycles. The lowest BCUT2D eigenvalue weighted by atomic mass is 9.99. The summed E-state index contributed by atoms with van der Waals surface area (Å²) in [5.41, 5.74) is 6.56. The average molecular weight is 282 g/mol. The summed E-state index contributed by atoms with van der Waals surface area (Å²) < 4.78 is 10.3. The Morgan fingerprint density at radius 3 is 2.35 bits per heavy atom. The number of hydrogen-bond acceptors (Lipinski definition) is 5. The smallest absolute Gasteiger partial charge is 0.278 e. The molecule has 0 fully saturated rings. The summed E-state index contributed by atoms with van der Waals surface area (Å²) in [6.07, 6.45) is 3.81. The van der Waals surface area contributed by atoms with Gasteiger partial charge in [0.2, 0.25) is 0 Å². The van der Waals surface area contributed by atoms with Crippen LogP contribution in [0.3, 0.4) is 0 Å². The highest BCUT2D eigenvalue weighted by Crippen LogP contribution is 2.37. The Kier molecular flexibility index (Phi) is 6.24. The molecular formula is C14H22N2O4. The van der Waals surface area contributed by atoms with E-state index in [9.17, 15) is 10.1 Å². The summed E-state index contributed by atoms with van der Waals surface area (Å²) in [7, 11) is 2.94. The van der Waals surface area contributed by atoms with Gasteiger partial charge in [-0.15, -0.1) is 0 Å². The molecule has 0 aliphatic rings. The first kappa shape index (κ1) is 16.2. The molecule has 0 aromatic heterocycles. The van der Waals surface area contributed by atoms with E-state index < -0.39 is 4.92 Å². The monoisotopic (exact) mass is 282 g/mol. The number of nitro benzene ring substituents is 1. The molecule has 1 aromatic rings. The lowest BCUT2D eigenvalue weighted by Gasteiger charge is -2.15. The molecular weight excluding hydrogens is 260 g/mol. The van der Waals surface area contributed by atoms with Crippen LogP contribution < -0.4 is 15.2 Å². The van der Waals surface area contributed by atoms with Crippen LogP contribution in [0, 0.1) is 10.1 Å². The lowest BCUT2D eigenvalue weighted by molar-refractivity contribution is -0.385. The molecule has 0 saturated carbocycles. The molecule has 0 aliphatic heterocycles. The molecule has 1 aromatic carbocycles. The molecule has 0 unspecified atom stereocenters. The number of nitrogens with zero attached hydrogens (tertiary/aromatic N) is 1. The van der Waals surface area contributed by atoms with Crippen molar-refractivity contribution >= 4 is 5.69 Å². The number of ether oxygens (including phenoxy) is 2. The van der Waals surface area contributed by atoms with E-state index in [-0.39, 0.29) is 11.7 Å². The minimum absolute atomic E-state index is 0.0216. The molecule has 0 saturated heterocycles. The standard InChI is InChI=1S/C14H22N2O4/c1-4-5-6-7-11(15)10-8-13(19-2)14(20-3)9-12(10)16(17)18/h8-9,11H,4-7,15H2,1-3H3/t11-/m0/s1. The molecule has 0 amide bonds. The van der Waals surface area contributed by atoms with Crippen LogP contribution >= 0.6 is 0 Å². The Hall–Kier alpha value is -1.82. The van der Waals surface area contributed by atoms with Crippen molar-refractivity contribution in [2.45, 2.75) is 38.6 Å². The van der Waals surface area contributed by atoms with Gasteiger partial charge in [0.05, 0.1) is 30.8 Å². The van der Waals surface area contributed by atoms with Gasteiger partial charge in [0.15, 0.2) is 11.5 Å². The topological polar surface area (TPSA) is 87.6 Å². The van der Waals surface area contributed by atoms with Crippen LogP contribution in [0.2, 0.25) is 0 Å². The van der Waals surface area contributed by atoms with E-state index in [0.717, 1.165) is 19.3 Å². The van der Waals surface area contributed by atoms with Gasteiger partial charge >= 0.3 is 0 Å². The van der Waals surface area contributed by atoms with Gasteiger partial charge in [0.1, 0.15) is 0 Å². The number of rotatable bonds is 8. The number of benzene rings is 1. The molecule has 0 aliphatic carbocycles. The summed E-state index contributed by atoms with van der Waals surface area (Å²) in [5, 5.41) is 11.2. The zero-order valence-electron chi connectivity index (χ0n) is 12.2. The minimum Gasteiger partial charge on any atom is -0.493 e. The predicted molar refractivity (Wildman–Crippen MR) is 77.3 cm³/mol. The highest BCUT2D eigenvalue weighted by Gasteiger charge is 2.23. The second kappa shape index (κ2) is 7.69. The summed E-state index contributed by atoms with van der Waals surface area (Å²) in [5.74, 6) is 0.794. The van der Waals surface area contributed by atoms with E-state index in [1.165, 1.54) is 20.3 Å². The maximum absolute atomic E-state index is 11.2. The van der Waals surface area contributed by atoms with Gasteiger partial charge < -0.3 is 15.2 Å². The van der Waals surface area contributed by atoms with Crippen molar-refractivity contribution in [2.75, 3.05) is 14.2 Å². The number of nitro groups is 1. The molecule has 2 N–H and O–H groups in total. The van der Waals surface area contributed by atoms with Gasteiger partial charge in [0, 0.05) is 6.04 Å². The van der Waals surface area contributed by atoms with Gasteiger partial charge in [-0.05, 0) is 12.5 Å². The Balaban J connectivity index is 3.11. The number of hydrogen-bond donors (Lipinski definition) is 1. The van der Waals surface area contributed by atoms with Crippen LogP contribution in [-0.2, 0) is 0 Å². The second-order valence-electron chi connectivity index (χ2n) is 4.63. The van der Waals surface area contributed by atoms with Crippen molar-refractivity contribution in [2.24, 2.45) is 5.73 Å². The van der Waals surface area contributed by atoms with Crippen molar-refractivity contribution in [3.63, 3.8) is 0 Å². The fourth-order valence-corrected chi connectivity index (χ4v) is 2.11. The van der Waals surface area contributed by atoms with Crippen LogP contribution in [0.25, 0.3) is 0 Å². The third kappa shape index (κ3) is 3.84. The maximum Gasteiger partial charge on any atom is 0.278 e. The first-order valence-corrected chi connectivity index (χ1v) is 6.71. The van der Waals surface area contributed by atoms with Gasteiger partial charge in [0.25, 0.3) is 5.69 Å². The van der Waals surface area contributed by atoms with Gasteiger partial charge in [-0.1, -0.05) is 26.2 Å². The third-order valence-corrected chi connectivity index (χ3v) is 3.25. The predicted octanol–water partition coefficient (Wildman–Crippen LogP) is 3.19. The molecule has 112 valence electrons. The summed E-state index contributed by atoms with van der Waals surface area (Å²) in [6.45, 7) is 2.10. The molecule has 0 spiro atoms. The largest absolute Gasteiger partial charge is 0.493 e. The number of unbranched alkanes of at least 4 members (excludes halogenated alkanes) is 2. The molecule has 0 radical (unpaired) electrons. The van der Waals surface area contributed by atoms with Gasteiger partial charge in [-0.2, -0.15) is 0 Å². The zero-order chi connectivity index (χ0) is 15.1. The van der Waals surface area contributed by atoms with E-state index in [1.807, 2.05) is 0 Å². The van der Waals surface area contributed by atoms with Crippen LogP contribution in [0.4, 0.5) is 5.69 Å². The van der Waals surface area contributed by atoms with Crippen LogP contribution in [0.5, 0.6) is 11.5 Å². The van der Waals surface area contributed by atoms with E-state index >= 15 is 0 Å². The molecule has 20 heavy (non-hydrogen) atoms. The van der Waals surface area contributed by atoms with Crippen molar-refractivity contribution in [1.82, 2.24) is 0 Å². The second-order valence-corrected chi connectivity index (χ2v) is 4.63. The van der Waals surface area contributed by atoms with E-state index in [1.54, 1.807) is 6.07 Å². The maximum atomic E-state index is 11.2. The highest BCUT2D eigenvalue weighted by molar-refractivity contribution is 5.55. The van der Waals surface area contributed by atoms with Crippen LogP contribution in [0.15, 0.2) is 12.1 Å². The van der Waals surface area contributed by atoms with Crippen molar-refractivity contribution in [1.29, 1.82) is 0 Å². The van der Waals surface area contributed by atoms with Crippen LogP contribution in [-0.4, -0.2) is 19.1 Å². The Morgan fingerprint density at radius 2 is 1.85 bits per heavy atom. The average Bonchev–Trinajstić information content (AvgIpc) is 2.45. The first-order valence-electron chi connectivity index (χ1n) is 6.71. The van der Waals surface area contributed by atoms with E-state index in [2.05, 4.69) is 6.92 Å². The van der Waals surface area contributed by atoms with Crippen molar-refractivity contribution in [3.8, 4) is 11.5 Å². The molecule has 6 nitrogen and oxygen atoms in total. The number of methoxy groups -OCH3 is 2. The quantitative estimate of drug-likeness (QED) is 0.449. The zero-order valence-corrected chi connectivity index (χ0v) is 12.2. The Labute approximate surface area is 119 Å². The highest BCUT2D eigenvalue weighted by atomic mass is 16.6. The normalized spacial score (nSPS) is 12.0. The van der Waals surface area contributed by atoms with Gasteiger partial charge in [-0.25, -0.2) is 0 Å². The molecule has 0 bridgehead atoms. The van der Waals surface area contributed by atoms with E-state index in [4.69, 9.17) is 15.2 Å². The summed E-state index contributed by atoms with van der Waals surface area (Å²) in [6, 6.07) is 2.60. The third-order valence-electron chi connectivity index (χ3n) is 3.25. The van der Waals surface area contributed by atoms with E-state index in [0.29, 0.717) is 23.5 Å². The SMILES string of the molecule is CCCCC[C@H](N)c1cc(OC)c(OC)cc1[N+](=O)[O-]. The lowest BCUT2D eigenvalue weighted by Crippen LogP contribution is -2.13. The number of nitrogens with two attached hydrogens (primary N) is 1. The van der Waals surface area contributed by atoms with Crippen molar-refractivity contribution in [3.05, 3.63) is 27.8 Å². The molecule has 1 atom stereocenters. The first-order chi connectivity index (χ1) is 9.54. The fourth-order valence-electron chi connectivity index (χ4n) is 2.11.